The Bertz CT molecular complexity index is 788. The van der Waals surface area contributed by atoms with Gasteiger partial charge in [0.05, 0.1) is 6.61 Å². The van der Waals surface area contributed by atoms with E-state index in [2.05, 4.69) is 0 Å². The Balaban J connectivity index is 1.88. The second kappa shape index (κ2) is 6.45. The van der Waals surface area contributed by atoms with Crippen LogP contribution in [0, 0.1) is 0 Å². The molecular weight excluding hydrogens is 330 g/mol. The van der Waals surface area contributed by atoms with Gasteiger partial charge in [-0.05, 0) is 36.4 Å². The Morgan fingerprint density at radius 2 is 2.17 bits per heavy atom. The summed E-state index contributed by atoms with van der Waals surface area (Å²) in [6.45, 7) is 0.750. The van der Waals surface area contributed by atoms with E-state index in [-0.39, 0.29) is 19.1 Å². The zero-order valence-corrected chi connectivity index (χ0v) is 14.3. The number of hydrogen-bond donors (Lipinski definition) is 1. The molecule has 1 saturated heterocycles. The summed E-state index contributed by atoms with van der Waals surface area (Å²) in [5, 5.41) is 1.62. The molecule has 6 nitrogen and oxygen atoms in total. The number of nitrogens with zero attached hydrogens (tertiary/aromatic N) is 2. The first-order valence-electron chi connectivity index (χ1n) is 7.82. The average molecular weight is 350 g/mol. The summed E-state index contributed by atoms with van der Waals surface area (Å²) in [7, 11) is 1.51. The van der Waals surface area contributed by atoms with Gasteiger partial charge in [-0.15, -0.1) is 0 Å². The molecule has 7 heteroatoms. The van der Waals surface area contributed by atoms with Crippen molar-refractivity contribution in [1.82, 2.24) is 9.47 Å². The van der Waals surface area contributed by atoms with Crippen LogP contribution in [0.25, 0.3) is 10.9 Å². The summed E-state index contributed by atoms with van der Waals surface area (Å²) in [5.74, 6) is -0.670. The number of carbonyl (C=O) groups is 2. The monoisotopic (exact) mass is 349 g/mol. The number of carbonyl (C=O) groups excluding carboxylic acids is 2. The highest BCUT2D eigenvalue weighted by Gasteiger charge is 2.48. The molecule has 1 fully saturated rings. The van der Waals surface area contributed by atoms with Gasteiger partial charge in [-0.1, -0.05) is 17.7 Å². The summed E-state index contributed by atoms with van der Waals surface area (Å²) in [5.41, 5.74) is 5.43. The van der Waals surface area contributed by atoms with Crippen molar-refractivity contribution in [2.45, 2.75) is 24.9 Å². The minimum absolute atomic E-state index is 0.117. The van der Waals surface area contributed by atoms with Crippen LogP contribution < -0.4 is 5.73 Å². The maximum atomic E-state index is 12.8. The van der Waals surface area contributed by atoms with Crippen LogP contribution in [0.1, 0.15) is 12.8 Å². The zero-order valence-electron chi connectivity index (χ0n) is 13.5. The third-order valence-electron chi connectivity index (χ3n) is 4.67. The molecular formula is C17H20ClN3O3. The molecule has 1 aromatic carbocycles. The van der Waals surface area contributed by atoms with E-state index >= 15 is 0 Å². The first-order chi connectivity index (χ1) is 11.5. The van der Waals surface area contributed by atoms with Gasteiger partial charge >= 0.3 is 0 Å². The Hall–Kier alpha value is -2.05. The van der Waals surface area contributed by atoms with E-state index in [1.165, 1.54) is 7.11 Å². The lowest BCUT2D eigenvalue weighted by Gasteiger charge is -2.35. The van der Waals surface area contributed by atoms with Crippen molar-refractivity contribution in [2.75, 3.05) is 20.3 Å². The number of primary amides is 1. The molecule has 0 radical (unpaired) electrons. The first-order valence-corrected chi connectivity index (χ1v) is 8.19. The van der Waals surface area contributed by atoms with E-state index in [0.29, 0.717) is 18.0 Å². The fourth-order valence-electron chi connectivity index (χ4n) is 3.48. The lowest BCUT2D eigenvalue weighted by atomic mass is 9.96. The van der Waals surface area contributed by atoms with E-state index in [4.69, 9.17) is 22.1 Å². The largest absolute Gasteiger partial charge is 0.382 e. The molecule has 24 heavy (non-hydrogen) atoms. The van der Waals surface area contributed by atoms with Crippen LogP contribution in [0.4, 0.5) is 0 Å². The van der Waals surface area contributed by atoms with Crippen LogP contribution in [0.5, 0.6) is 0 Å². The number of rotatable bonds is 5. The highest BCUT2D eigenvalue weighted by molar-refractivity contribution is 6.31. The summed E-state index contributed by atoms with van der Waals surface area (Å²) in [4.78, 5) is 26.4. The van der Waals surface area contributed by atoms with E-state index in [1.807, 2.05) is 35.0 Å². The number of benzene rings is 1. The third-order valence-corrected chi connectivity index (χ3v) is 4.91. The van der Waals surface area contributed by atoms with Crippen LogP contribution >= 0.6 is 11.6 Å². The van der Waals surface area contributed by atoms with Crippen molar-refractivity contribution >= 4 is 34.3 Å². The minimum atomic E-state index is -1.05. The second-order valence-corrected chi connectivity index (χ2v) is 6.56. The lowest BCUT2D eigenvalue weighted by molar-refractivity contribution is -0.147. The van der Waals surface area contributed by atoms with E-state index in [0.717, 1.165) is 17.3 Å². The number of aromatic nitrogens is 1. The van der Waals surface area contributed by atoms with Crippen molar-refractivity contribution < 1.29 is 14.3 Å². The number of amides is 2. The van der Waals surface area contributed by atoms with Crippen LogP contribution in [0.15, 0.2) is 30.5 Å². The highest BCUT2D eigenvalue weighted by atomic mass is 35.5. The predicted octanol–water partition coefficient (Wildman–Crippen LogP) is 1.79. The molecule has 0 aliphatic carbocycles. The van der Waals surface area contributed by atoms with Gasteiger partial charge < -0.3 is 19.9 Å². The Labute approximate surface area is 145 Å². The molecule has 128 valence electrons. The predicted molar refractivity (Wildman–Crippen MR) is 91.7 cm³/mol. The van der Waals surface area contributed by atoms with Gasteiger partial charge in [-0.2, -0.15) is 0 Å². The maximum Gasteiger partial charge on any atom is 0.245 e. The van der Waals surface area contributed by atoms with Gasteiger partial charge in [0.15, 0.2) is 0 Å². The molecule has 2 heterocycles. The van der Waals surface area contributed by atoms with Gasteiger partial charge in [0.2, 0.25) is 11.8 Å². The smallest absolute Gasteiger partial charge is 0.245 e. The topological polar surface area (TPSA) is 77.6 Å². The zero-order chi connectivity index (χ0) is 17.3. The van der Waals surface area contributed by atoms with Gasteiger partial charge in [-0.25, -0.2) is 0 Å². The number of methoxy groups -OCH3 is 1. The van der Waals surface area contributed by atoms with Crippen molar-refractivity contribution in [2.24, 2.45) is 5.73 Å². The normalized spacial score (nSPS) is 20.7. The summed E-state index contributed by atoms with van der Waals surface area (Å²) >= 11 is 6.05. The van der Waals surface area contributed by atoms with Crippen molar-refractivity contribution in [1.29, 1.82) is 0 Å². The molecule has 0 spiro atoms. The molecule has 1 aromatic heterocycles. The van der Waals surface area contributed by atoms with Gasteiger partial charge in [0, 0.05) is 30.4 Å². The molecule has 2 N–H and O–H groups in total. The highest BCUT2D eigenvalue weighted by Crippen LogP contribution is 2.30. The van der Waals surface area contributed by atoms with Crippen LogP contribution in [-0.2, 0) is 20.9 Å². The minimum Gasteiger partial charge on any atom is -0.382 e. The lowest BCUT2D eigenvalue weighted by Crippen LogP contribution is -2.59. The number of hydrogen-bond acceptors (Lipinski definition) is 3. The fraction of sp³-hybridized carbons (Fsp3) is 0.412. The van der Waals surface area contributed by atoms with Crippen molar-refractivity contribution in [3.63, 3.8) is 0 Å². The molecule has 2 aromatic rings. The number of likely N-dealkylation sites (tertiary alicyclic amines) is 1. The fourth-order valence-corrected chi connectivity index (χ4v) is 3.65. The molecule has 2 amide bonds. The van der Waals surface area contributed by atoms with E-state index in [9.17, 15) is 9.59 Å². The average Bonchev–Trinajstić information content (AvgIpc) is 3.13. The molecule has 0 saturated carbocycles. The Kier molecular flexibility index (Phi) is 4.51. The molecule has 1 aliphatic rings. The Morgan fingerprint density at radius 1 is 1.38 bits per heavy atom. The van der Waals surface area contributed by atoms with E-state index in [1.54, 1.807) is 4.90 Å². The van der Waals surface area contributed by atoms with Crippen LogP contribution in [0.3, 0.4) is 0 Å². The van der Waals surface area contributed by atoms with Crippen LogP contribution in [0.2, 0.25) is 5.02 Å². The number of fused-ring (bicyclic) bond motifs is 1. The number of nitrogens with two attached hydrogens (primary N) is 1. The quantitative estimate of drug-likeness (QED) is 0.893. The third kappa shape index (κ3) is 2.76. The molecule has 1 unspecified atom stereocenters. The van der Waals surface area contributed by atoms with Crippen LogP contribution in [-0.4, -0.2) is 47.1 Å². The molecule has 1 atom stereocenters. The van der Waals surface area contributed by atoms with Gasteiger partial charge in [0.25, 0.3) is 0 Å². The Morgan fingerprint density at radius 3 is 2.88 bits per heavy atom. The van der Waals surface area contributed by atoms with Crippen molar-refractivity contribution in [3.8, 4) is 0 Å². The number of ether oxygens (including phenoxy) is 1. The standard InChI is InChI=1S/C17H20ClN3O3/c1-24-11-17(16(19)23)6-2-7-21(17)15(22)10-20-8-5-12-3-4-13(18)9-14(12)20/h3-5,8-9H,2,6-7,10-11H2,1H3,(H2,19,23). The van der Waals surface area contributed by atoms with Gasteiger partial charge in [0.1, 0.15) is 12.1 Å². The van der Waals surface area contributed by atoms with E-state index < -0.39 is 11.4 Å². The molecule has 1 aliphatic heterocycles. The van der Waals surface area contributed by atoms with Crippen molar-refractivity contribution in [3.05, 3.63) is 35.5 Å². The van der Waals surface area contributed by atoms with Gasteiger partial charge in [-0.3, -0.25) is 9.59 Å². The summed E-state index contributed by atoms with van der Waals surface area (Å²) in [6.07, 6.45) is 3.10. The number of halogens is 1. The second-order valence-electron chi connectivity index (χ2n) is 6.12. The SMILES string of the molecule is COCC1(C(N)=O)CCCN1C(=O)Cn1ccc2ccc(Cl)cc21. The molecule has 3 rings (SSSR count). The molecule has 0 bridgehead atoms. The maximum absolute atomic E-state index is 12.8. The summed E-state index contributed by atoms with van der Waals surface area (Å²) in [6, 6.07) is 7.48. The summed E-state index contributed by atoms with van der Waals surface area (Å²) < 4.78 is 7.01. The first kappa shape index (κ1) is 16.8.